The highest BCUT2D eigenvalue weighted by Gasteiger charge is 2.29. The molecule has 5 nitrogen and oxygen atoms in total. The van der Waals surface area contributed by atoms with Gasteiger partial charge < -0.3 is 10.00 Å². The molecule has 2 N–H and O–H groups in total. The van der Waals surface area contributed by atoms with Crippen LogP contribution in [0, 0.1) is 0 Å². The van der Waals surface area contributed by atoms with Crippen LogP contribution in [0.1, 0.15) is 24.0 Å². The molecule has 2 unspecified atom stereocenters. The van der Waals surface area contributed by atoms with Crippen molar-refractivity contribution in [3.05, 3.63) is 71.8 Å². The van der Waals surface area contributed by atoms with Gasteiger partial charge in [0, 0.05) is 0 Å². The second-order valence-electron chi connectivity index (χ2n) is 5.59. The first-order chi connectivity index (χ1) is 11.5. The number of aryl methyl sites for hydroxylation is 1. The molecule has 0 radical (unpaired) electrons. The van der Waals surface area contributed by atoms with E-state index in [-0.39, 0.29) is 12.6 Å². The predicted octanol–water partition coefficient (Wildman–Crippen LogP) is 3.86. The monoisotopic (exact) mass is 348 g/mol. The smallest absolute Gasteiger partial charge is 0.333 e. The summed E-state index contributed by atoms with van der Waals surface area (Å²) in [6.45, 7) is 0. The molecule has 6 heteroatoms. The quantitative estimate of drug-likeness (QED) is 0.672. The third kappa shape index (κ3) is 6.28. The molecule has 0 saturated carbocycles. The maximum atomic E-state index is 12.2. The van der Waals surface area contributed by atoms with Crippen LogP contribution in [-0.4, -0.2) is 22.1 Å². The van der Waals surface area contributed by atoms with Crippen LogP contribution < -0.4 is 0 Å². The lowest BCUT2D eigenvalue weighted by Gasteiger charge is -2.18. The van der Waals surface area contributed by atoms with E-state index in [1.54, 1.807) is 30.3 Å². The van der Waals surface area contributed by atoms with Crippen LogP contribution >= 0.6 is 7.60 Å². The number of carboxylic acids is 1. The zero-order valence-electron chi connectivity index (χ0n) is 13.2. The van der Waals surface area contributed by atoms with Gasteiger partial charge in [-0.2, -0.15) is 0 Å². The highest BCUT2D eigenvalue weighted by Crippen LogP contribution is 2.47. The lowest BCUT2D eigenvalue weighted by Crippen LogP contribution is -2.23. The van der Waals surface area contributed by atoms with Gasteiger partial charge in [0.05, 0.1) is 6.16 Å². The summed E-state index contributed by atoms with van der Waals surface area (Å²) >= 11 is 0. The summed E-state index contributed by atoms with van der Waals surface area (Å²) in [5.74, 6) is -1.22. The molecular weight excluding hydrogens is 327 g/mol. The first-order valence-electron chi connectivity index (χ1n) is 7.77. The largest absolute Gasteiger partial charge is 0.479 e. The van der Waals surface area contributed by atoms with Crippen molar-refractivity contribution in [1.82, 2.24) is 0 Å². The molecule has 2 aromatic rings. The maximum Gasteiger partial charge on any atom is 0.333 e. The third-order valence-electron chi connectivity index (χ3n) is 3.57. The molecule has 0 aliphatic rings. The number of rotatable bonds is 9. The Kier molecular flexibility index (Phi) is 6.73. The number of hydrogen-bond acceptors (Lipinski definition) is 3. The van der Waals surface area contributed by atoms with Gasteiger partial charge in [0.25, 0.3) is 0 Å². The van der Waals surface area contributed by atoms with Crippen LogP contribution in [0.5, 0.6) is 0 Å². The molecule has 0 bridgehead atoms. The molecular formula is C18H21O5P. The lowest BCUT2D eigenvalue weighted by molar-refractivity contribution is -0.145. The number of aliphatic carboxylic acids is 1. The normalized spacial score (nSPS) is 14.7. The van der Waals surface area contributed by atoms with Gasteiger partial charge in [-0.1, -0.05) is 60.7 Å². The van der Waals surface area contributed by atoms with Gasteiger partial charge in [-0.05, 0) is 30.4 Å². The fourth-order valence-electron chi connectivity index (χ4n) is 2.41. The second kappa shape index (κ2) is 8.78. The Morgan fingerprint density at radius 3 is 2.08 bits per heavy atom. The van der Waals surface area contributed by atoms with Gasteiger partial charge >= 0.3 is 13.6 Å². The first kappa shape index (κ1) is 18.4. The standard InChI is InChI=1S/C18H21O5P/c19-18(20)17(13-7-12-15-8-3-1-4-9-15)23-24(21,22)14-16-10-5-2-6-11-16/h1-6,8-11,17H,7,12-14H2,(H,19,20)(H,21,22). The zero-order chi connectivity index (χ0) is 17.4. The van der Waals surface area contributed by atoms with Crippen molar-refractivity contribution in [1.29, 1.82) is 0 Å². The molecule has 0 amide bonds. The Balaban J connectivity index is 1.90. The Hall–Kier alpha value is -1.94. The van der Waals surface area contributed by atoms with Crippen LogP contribution in [0.2, 0.25) is 0 Å². The van der Waals surface area contributed by atoms with Crippen LogP contribution in [0.15, 0.2) is 60.7 Å². The highest BCUT2D eigenvalue weighted by atomic mass is 31.2. The minimum Gasteiger partial charge on any atom is -0.479 e. The van der Waals surface area contributed by atoms with Gasteiger partial charge in [0.1, 0.15) is 0 Å². The molecule has 0 spiro atoms. The van der Waals surface area contributed by atoms with Crippen molar-refractivity contribution >= 4 is 13.6 Å². The van der Waals surface area contributed by atoms with Crippen molar-refractivity contribution < 1.29 is 23.9 Å². The number of carboxylic acid groups (broad SMARTS) is 1. The van der Waals surface area contributed by atoms with Crippen molar-refractivity contribution in [2.45, 2.75) is 31.5 Å². The van der Waals surface area contributed by atoms with E-state index in [0.29, 0.717) is 18.4 Å². The molecule has 2 atom stereocenters. The summed E-state index contributed by atoms with van der Waals surface area (Å²) in [5.41, 5.74) is 1.73. The van der Waals surface area contributed by atoms with Crippen molar-refractivity contribution in [3.63, 3.8) is 0 Å². The fraction of sp³-hybridized carbons (Fsp3) is 0.278. The summed E-state index contributed by atoms with van der Waals surface area (Å²) in [7, 11) is -4.02. The SMILES string of the molecule is O=C(O)C(CCCc1ccccc1)OP(=O)(O)Cc1ccccc1. The zero-order valence-corrected chi connectivity index (χ0v) is 14.1. The molecule has 0 aliphatic carbocycles. The summed E-state index contributed by atoms with van der Waals surface area (Å²) in [5, 5.41) is 9.24. The highest BCUT2D eigenvalue weighted by molar-refractivity contribution is 7.52. The topological polar surface area (TPSA) is 83.8 Å². The molecule has 0 aromatic heterocycles. The minimum atomic E-state index is -4.02. The van der Waals surface area contributed by atoms with E-state index in [0.717, 1.165) is 5.56 Å². The molecule has 2 aromatic carbocycles. The van der Waals surface area contributed by atoms with E-state index in [9.17, 15) is 19.4 Å². The van der Waals surface area contributed by atoms with Gasteiger partial charge in [-0.15, -0.1) is 0 Å². The van der Waals surface area contributed by atoms with Crippen molar-refractivity contribution in [2.75, 3.05) is 0 Å². The molecule has 0 aliphatic heterocycles. The number of hydrogen-bond donors (Lipinski definition) is 2. The molecule has 128 valence electrons. The summed E-state index contributed by atoms with van der Waals surface area (Å²) in [6, 6.07) is 18.4. The van der Waals surface area contributed by atoms with Gasteiger partial charge in [-0.3, -0.25) is 9.09 Å². The van der Waals surface area contributed by atoms with Crippen LogP contribution in [0.3, 0.4) is 0 Å². The fourth-order valence-corrected chi connectivity index (χ4v) is 3.75. The third-order valence-corrected chi connectivity index (χ3v) is 4.92. The van der Waals surface area contributed by atoms with E-state index < -0.39 is 19.7 Å². The molecule has 2 rings (SSSR count). The van der Waals surface area contributed by atoms with Crippen molar-refractivity contribution in [2.24, 2.45) is 0 Å². The Morgan fingerprint density at radius 2 is 1.54 bits per heavy atom. The summed E-state index contributed by atoms with van der Waals surface area (Å²) in [4.78, 5) is 21.3. The predicted molar refractivity (Wildman–Crippen MR) is 91.9 cm³/mol. The van der Waals surface area contributed by atoms with E-state index in [2.05, 4.69) is 0 Å². The van der Waals surface area contributed by atoms with Gasteiger partial charge in [0.15, 0.2) is 6.10 Å². The van der Waals surface area contributed by atoms with Crippen molar-refractivity contribution in [3.8, 4) is 0 Å². The Labute approximate surface area is 141 Å². The molecule has 0 fully saturated rings. The average Bonchev–Trinajstić information content (AvgIpc) is 2.55. The average molecular weight is 348 g/mol. The van der Waals surface area contributed by atoms with Crippen LogP contribution in [0.25, 0.3) is 0 Å². The Morgan fingerprint density at radius 1 is 1.00 bits per heavy atom. The van der Waals surface area contributed by atoms with Crippen LogP contribution in [0.4, 0.5) is 0 Å². The van der Waals surface area contributed by atoms with Gasteiger partial charge in [0.2, 0.25) is 0 Å². The lowest BCUT2D eigenvalue weighted by atomic mass is 10.1. The van der Waals surface area contributed by atoms with E-state index in [1.807, 2.05) is 30.3 Å². The molecule has 0 heterocycles. The van der Waals surface area contributed by atoms with Crippen LogP contribution in [-0.2, 0) is 26.5 Å². The molecule has 0 saturated heterocycles. The summed E-state index contributed by atoms with van der Waals surface area (Å²) in [6.07, 6.45) is -0.0394. The number of carbonyl (C=O) groups is 1. The van der Waals surface area contributed by atoms with E-state index >= 15 is 0 Å². The minimum absolute atomic E-state index is 0.184. The van der Waals surface area contributed by atoms with E-state index in [4.69, 9.17) is 4.52 Å². The number of benzene rings is 2. The maximum absolute atomic E-state index is 12.2. The Bertz CT molecular complexity index is 687. The second-order valence-corrected chi connectivity index (χ2v) is 7.39. The molecule has 24 heavy (non-hydrogen) atoms. The van der Waals surface area contributed by atoms with E-state index in [1.165, 1.54) is 0 Å². The van der Waals surface area contributed by atoms with Gasteiger partial charge in [-0.25, -0.2) is 4.79 Å². The summed E-state index contributed by atoms with van der Waals surface area (Å²) < 4.78 is 17.3. The first-order valence-corrected chi connectivity index (χ1v) is 9.53.